The van der Waals surface area contributed by atoms with E-state index in [1.807, 2.05) is 12.1 Å². The molecule has 0 heterocycles. The van der Waals surface area contributed by atoms with E-state index in [0.29, 0.717) is 18.4 Å². The molecule has 0 N–H and O–H groups in total. The minimum Gasteiger partial charge on any atom is -0.299 e. The fourth-order valence-electron chi connectivity index (χ4n) is 2.66. The number of nitrogens with zero attached hydrogens (tertiary/aromatic N) is 2. The number of halogens is 1. The van der Waals surface area contributed by atoms with Crippen LogP contribution >= 0.6 is 0 Å². The first-order valence-corrected chi connectivity index (χ1v) is 7.05. The minimum atomic E-state index is -0.171. The summed E-state index contributed by atoms with van der Waals surface area (Å²) in [5.41, 5.74) is 1.21. The Morgan fingerprint density at radius 1 is 1.32 bits per heavy atom. The van der Waals surface area contributed by atoms with Crippen molar-refractivity contribution in [3.63, 3.8) is 0 Å². The lowest BCUT2D eigenvalue weighted by atomic mass is 10.0. The van der Waals surface area contributed by atoms with Crippen molar-refractivity contribution in [3.05, 3.63) is 35.6 Å². The lowest BCUT2D eigenvalue weighted by molar-refractivity contribution is 0.217. The number of unbranched alkanes of at least 4 members (excludes halogenated alkanes) is 2. The van der Waals surface area contributed by atoms with E-state index in [0.717, 1.165) is 19.4 Å². The molecule has 0 radical (unpaired) electrons. The van der Waals surface area contributed by atoms with Crippen LogP contribution < -0.4 is 0 Å². The van der Waals surface area contributed by atoms with E-state index < -0.39 is 0 Å². The van der Waals surface area contributed by atoms with Crippen LogP contribution in [0.15, 0.2) is 24.3 Å². The molecule has 0 amide bonds. The standard InChI is InChI=1S/C16H21FN2/c1-19(12-4-2-3-11-18)16(13-5-6-13)14-7-9-15(17)10-8-14/h7-10,13,16H,2-6,12H2,1H3/t16-/m1/s1. The Kier molecular flexibility index (Phi) is 4.93. The van der Waals surface area contributed by atoms with Crippen molar-refractivity contribution in [2.75, 3.05) is 13.6 Å². The molecule has 1 aromatic rings. The van der Waals surface area contributed by atoms with Crippen LogP contribution in [0, 0.1) is 23.1 Å². The lowest BCUT2D eigenvalue weighted by Crippen LogP contribution is -2.27. The molecule has 0 saturated heterocycles. The van der Waals surface area contributed by atoms with E-state index in [1.54, 1.807) is 12.1 Å². The van der Waals surface area contributed by atoms with Crippen LogP contribution in [0.4, 0.5) is 4.39 Å². The van der Waals surface area contributed by atoms with Crippen molar-refractivity contribution < 1.29 is 4.39 Å². The van der Waals surface area contributed by atoms with Gasteiger partial charge in [0.25, 0.3) is 0 Å². The fourth-order valence-corrected chi connectivity index (χ4v) is 2.66. The number of nitriles is 1. The zero-order valence-corrected chi connectivity index (χ0v) is 11.5. The second-order valence-electron chi connectivity index (χ2n) is 5.43. The van der Waals surface area contributed by atoms with Crippen molar-refractivity contribution in [2.45, 2.75) is 38.1 Å². The summed E-state index contributed by atoms with van der Waals surface area (Å²) in [5.74, 6) is 0.543. The third-order valence-corrected chi connectivity index (χ3v) is 3.80. The first-order chi connectivity index (χ1) is 9.22. The van der Waals surface area contributed by atoms with Crippen LogP contribution in [0.3, 0.4) is 0 Å². The van der Waals surface area contributed by atoms with Crippen molar-refractivity contribution in [1.29, 1.82) is 5.26 Å². The molecule has 1 aliphatic rings. The molecule has 2 rings (SSSR count). The summed E-state index contributed by atoms with van der Waals surface area (Å²) >= 11 is 0. The van der Waals surface area contributed by atoms with Crippen LogP contribution in [-0.2, 0) is 0 Å². The van der Waals surface area contributed by atoms with Gasteiger partial charge in [0.05, 0.1) is 6.07 Å². The first kappa shape index (κ1) is 14.0. The van der Waals surface area contributed by atoms with E-state index in [4.69, 9.17) is 5.26 Å². The third kappa shape index (κ3) is 4.04. The molecule has 0 spiro atoms. The summed E-state index contributed by atoms with van der Waals surface area (Å²) < 4.78 is 13.0. The predicted molar refractivity (Wildman–Crippen MR) is 74.0 cm³/mol. The SMILES string of the molecule is CN(CCCCC#N)[C@@H](c1ccc(F)cc1)C1CC1. The van der Waals surface area contributed by atoms with Gasteiger partial charge in [0.2, 0.25) is 0 Å². The molecule has 2 nitrogen and oxygen atoms in total. The van der Waals surface area contributed by atoms with Crippen LogP contribution in [0.1, 0.15) is 43.7 Å². The van der Waals surface area contributed by atoms with Gasteiger partial charge in [-0.1, -0.05) is 12.1 Å². The molecule has 1 aliphatic carbocycles. The molecule has 0 aliphatic heterocycles. The van der Waals surface area contributed by atoms with Gasteiger partial charge in [-0.2, -0.15) is 5.26 Å². The van der Waals surface area contributed by atoms with Gasteiger partial charge in [-0.3, -0.25) is 4.90 Å². The van der Waals surface area contributed by atoms with E-state index in [9.17, 15) is 4.39 Å². The highest BCUT2D eigenvalue weighted by atomic mass is 19.1. The molecule has 0 unspecified atom stereocenters. The Morgan fingerprint density at radius 3 is 2.58 bits per heavy atom. The van der Waals surface area contributed by atoms with E-state index >= 15 is 0 Å². The largest absolute Gasteiger partial charge is 0.299 e. The maximum atomic E-state index is 13.0. The van der Waals surface area contributed by atoms with Crippen molar-refractivity contribution >= 4 is 0 Å². The number of rotatable bonds is 7. The highest BCUT2D eigenvalue weighted by Gasteiger charge is 2.34. The van der Waals surface area contributed by atoms with Gasteiger partial charge >= 0.3 is 0 Å². The van der Waals surface area contributed by atoms with E-state index in [1.165, 1.54) is 18.4 Å². The summed E-state index contributed by atoms with van der Waals surface area (Å²) in [6, 6.07) is 9.50. The fraction of sp³-hybridized carbons (Fsp3) is 0.562. The van der Waals surface area contributed by atoms with Crippen molar-refractivity contribution in [2.24, 2.45) is 5.92 Å². The second-order valence-corrected chi connectivity index (χ2v) is 5.43. The second kappa shape index (κ2) is 6.68. The Balaban J connectivity index is 1.95. The highest BCUT2D eigenvalue weighted by molar-refractivity contribution is 5.22. The van der Waals surface area contributed by atoms with Gasteiger partial charge < -0.3 is 0 Å². The molecular formula is C16H21FN2. The average molecular weight is 260 g/mol. The normalized spacial score (nSPS) is 16.3. The van der Waals surface area contributed by atoms with Gasteiger partial charge in [-0.15, -0.1) is 0 Å². The summed E-state index contributed by atoms with van der Waals surface area (Å²) in [6.45, 7) is 1.00. The molecule has 19 heavy (non-hydrogen) atoms. The quantitative estimate of drug-likeness (QED) is 0.695. The number of benzene rings is 1. The van der Waals surface area contributed by atoms with Gasteiger partial charge in [-0.05, 0) is 62.9 Å². The average Bonchev–Trinajstić information content (AvgIpc) is 3.22. The smallest absolute Gasteiger partial charge is 0.123 e. The molecule has 0 aromatic heterocycles. The topological polar surface area (TPSA) is 27.0 Å². The molecule has 1 aromatic carbocycles. The number of hydrogen-bond donors (Lipinski definition) is 0. The first-order valence-electron chi connectivity index (χ1n) is 7.05. The summed E-state index contributed by atoms with van der Waals surface area (Å²) in [4.78, 5) is 2.36. The minimum absolute atomic E-state index is 0.171. The maximum absolute atomic E-state index is 13.0. The van der Waals surface area contributed by atoms with Crippen molar-refractivity contribution in [1.82, 2.24) is 4.90 Å². The Labute approximate surface area is 114 Å². The number of hydrogen-bond acceptors (Lipinski definition) is 2. The van der Waals surface area contributed by atoms with Crippen molar-refractivity contribution in [3.8, 4) is 6.07 Å². The zero-order valence-electron chi connectivity index (χ0n) is 11.5. The molecule has 3 heteroatoms. The van der Waals surface area contributed by atoms with Gasteiger partial charge in [-0.25, -0.2) is 4.39 Å². The molecule has 1 saturated carbocycles. The van der Waals surface area contributed by atoms with Crippen LogP contribution in [0.2, 0.25) is 0 Å². The van der Waals surface area contributed by atoms with Crippen LogP contribution in [0.5, 0.6) is 0 Å². The van der Waals surface area contributed by atoms with E-state index in [2.05, 4.69) is 18.0 Å². The monoisotopic (exact) mass is 260 g/mol. The van der Waals surface area contributed by atoms with Gasteiger partial charge in [0.15, 0.2) is 0 Å². The molecule has 0 bridgehead atoms. The molecule has 102 valence electrons. The maximum Gasteiger partial charge on any atom is 0.123 e. The van der Waals surface area contributed by atoms with E-state index in [-0.39, 0.29) is 5.82 Å². The van der Waals surface area contributed by atoms with Crippen LogP contribution in [0.25, 0.3) is 0 Å². The molecule has 1 fully saturated rings. The summed E-state index contributed by atoms with van der Waals surface area (Å²) in [5, 5.41) is 8.54. The molecule has 1 atom stereocenters. The Morgan fingerprint density at radius 2 is 2.00 bits per heavy atom. The zero-order chi connectivity index (χ0) is 13.7. The van der Waals surface area contributed by atoms with Crippen LogP contribution in [-0.4, -0.2) is 18.5 Å². The molecular weight excluding hydrogens is 239 g/mol. The predicted octanol–water partition coefficient (Wildman–Crippen LogP) is 3.90. The van der Waals surface area contributed by atoms with Gasteiger partial charge in [0.1, 0.15) is 5.82 Å². The summed E-state index contributed by atoms with van der Waals surface area (Å²) in [6.07, 6.45) is 5.18. The highest BCUT2D eigenvalue weighted by Crippen LogP contribution is 2.44. The summed E-state index contributed by atoms with van der Waals surface area (Å²) in [7, 11) is 2.14. The van der Waals surface area contributed by atoms with Gasteiger partial charge in [0, 0.05) is 12.5 Å². The lowest BCUT2D eigenvalue weighted by Gasteiger charge is -2.28. The third-order valence-electron chi connectivity index (χ3n) is 3.80. The Hall–Kier alpha value is -1.40. The Bertz CT molecular complexity index is 431.